The lowest BCUT2D eigenvalue weighted by Gasteiger charge is -2.22. The summed E-state index contributed by atoms with van der Waals surface area (Å²) in [5.41, 5.74) is 6.50. The van der Waals surface area contributed by atoms with Crippen LogP contribution in [0.2, 0.25) is 0 Å². The highest BCUT2D eigenvalue weighted by Gasteiger charge is 2.14. The monoisotopic (exact) mass is 343 g/mol. The van der Waals surface area contributed by atoms with Crippen LogP contribution in [0.5, 0.6) is 5.88 Å². The van der Waals surface area contributed by atoms with Crippen LogP contribution in [-0.4, -0.2) is 40.6 Å². The van der Waals surface area contributed by atoms with Crippen LogP contribution in [0.25, 0.3) is 0 Å². The Hall–Kier alpha value is -2.70. The Bertz CT molecular complexity index is 672. The van der Waals surface area contributed by atoms with Gasteiger partial charge in [-0.2, -0.15) is 4.98 Å². The van der Waals surface area contributed by atoms with E-state index in [-0.39, 0.29) is 5.69 Å². The summed E-state index contributed by atoms with van der Waals surface area (Å²) in [6.45, 7) is 6.20. The van der Waals surface area contributed by atoms with Crippen LogP contribution >= 0.6 is 0 Å². The predicted octanol–water partition coefficient (Wildman–Crippen LogP) is 2.22. The first-order valence-corrected chi connectivity index (χ1v) is 8.60. The number of carbonyl (C=O) groups excluding carboxylic acids is 1. The SMILES string of the molecule is CCCN(CCC)c1nc(OCCc2ccccn2)cc(C(N)=O)n1. The van der Waals surface area contributed by atoms with Gasteiger partial charge in [0.25, 0.3) is 5.91 Å². The van der Waals surface area contributed by atoms with Crippen molar-refractivity contribution < 1.29 is 9.53 Å². The Morgan fingerprint density at radius 1 is 1.20 bits per heavy atom. The number of primary amides is 1. The van der Waals surface area contributed by atoms with Crippen molar-refractivity contribution in [3.63, 3.8) is 0 Å². The third-order valence-electron chi connectivity index (χ3n) is 3.55. The molecule has 0 aliphatic heterocycles. The highest BCUT2D eigenvalue weighted by Crippen LogP contribution is 2.17. The van der Waals surface area contributed by atoms with Crippen LogP contribution in [0.3, 0.4) is 0 Å². The zero-order valence-corrected chi connectivity index (χ0v) is 14.8. The minimum absolute atomic E-state index is 0.162. The molecule has 0 saturated heterocycles. The van der Waals surface area contributed by atoms with Gasteiger partial charge in [0.05, 0.1) is 6.61 Å². The molecule has 0 atom stereocenters. The van der Waals surface area contributed by atoms with Gasteiger partial charge in [0.2, 0.25) is 11.8 Å². The smallest absolute Gasteiger partial charge is 0.267 e. The molecule has 0 aliphatic carbocycles. The summed E-state index contributed by atoms with van der Waals surface area (Å²) in [6, 6.07) is 7.23. The van der Waals surface area contributed by atoms with E-state index in [2.05, 4.69) is 28.8 Å². The first kappa shape index (κ1) is 18.6. The van der Waals surface area contributed by atoms with Crippen molar-refractivity contribution in [3.05, 3.63) is 41.9 Å². The standard InChI is InChI=1S/C18H25N5O2/c1-3-10-23(11-4-2)18-21-15(17(19)24)13-16(22-18)25-12-8-14-7-5-6-9-20-14/h5-7,9,13H,3-4,8,10-12H2,1-2H3,(H2,19,24). The highest BCUT2D eigenvalue weighted by molar-refractivity contribution is 5.91. The second kappa shape index (κ2) is 9.56. The molecule has 0 spiro atoms. The Balaban J connectivity index is 2.14. The molecule has 0 saturated carbocycles. The van der Waals surface area contributed by atoms with Crippen LogP contribution < -0.4 is 15.4 Å². The van der Waals surface area contributed by atoms with Crippen molar-refractivity contribution >= 4 is 11.9 Å². The van der Waals surface area contributed by atoms with Crippen molar-refractivity contribution in [2.75, 3.05) is 24.6 Å². The second-order valence-corrected chi connectivity index (χ2v) is 5.66. The summed E-state index contributed by atoms with van der Waals surface area (Å²) in [6.07, 6.45) is 4.32. The van der Waals surface area contributed by atoms with Gasteiger partial charge in [0.15, 0.2) is 0 Å². The third-order valence-corrected chi connectivity index (χ3v) is 3.55. The van der Waals surface area contributed by atoms with Gasteiger partial charge < -0.3 is 15.4 Å². The number of carbonyl (C=O) groups is 1. The van der Waals surface area contributed by atoms with Gasteiger partial charge in [-0.3, -0.25) is 9.78 Å². The van der Waals surface area contributed by atoms with Gasteiger partial charge in [-0.1, -0.05) is 19.9 Å². The Morgan fingerprint density at radius 3 is 2.56 bits per heavy atom. The lowest BCUT2D eigenvalue weighted by molar-refractivity contribution is 0.0994. The molecule has 0 radical (unpaired) electrons. The predicted molar refractivity (Wildman–Crippen MR) is 96.8 cm³/mol. The summed E-state index contributed by atoms with van der Waals surface area (Å²) in [5.74, 6) is 0.242. The molecule has 2 aromatic heterocycles. The number of pyridine rings is 1. The molecule has 2 heterocycles. The molecule has 0 fully saturated rings. The van der Waals surface area contributed by atoms with E-state index in [4.69, 9.17) is 10.5 Å². The van der Waals surface area contributed by atoms with E-state index in [1.807, 2.05) is 23.1 Å². The van der Waals surface area contributed by atoms with Crippen molar-refractivity contribution in [1.82, 2.24) is 15.0 Å². The lowest BCUT2D eigenvalue weighted by atomic mass is 10.3. The van der Waals surface area contributed by atoms with Gasteiger partial charge in [-0.15, -0.1) is 0 Å². The minimum Gasteiger partial charge on any atom is -0.477 e. The molecular formula is C18H25N5O2. The number of hydrogen-bond acceptors (Lipinski definition) is 6. The fraction of sp³-hybridized carbons (Fsp3) is 0.444. The third kappa shape index (κ3) is 5.70. The molecule has 0 aliphatic rings. The van der Waals surface area contributed by atoms with E-state index in [1.54, 1.807) is 6.20 Å². The molecule has 0 aromatic carbocycles. The maximum Gasteiger partial charge on any atom is 0.267 e. The van der Waals surface area contributed by atoms with Crippen molar-refractivity contribution in [1.29, 1.82) is 0 Å². The van der Waals surface area contributed by atoms with Gasteiger partial charge in [0, 0.05) is 37.5 Å². The van der Waals surface area contributed by atoms with Gasteiger partial charge in [-0.25, -0.2) is 4.98 Å². The van der Waals surface area contributed by atoms with Crippen LogP contribution in [0.15, 0.2) is 30.5 Å². The van der Waals surface area contributed by atoms with Crippen LogP contribution in [0.1, 0.15) is 42.9 Å². The van der Waals surface area contributed by atoms with Crippen molar-refractivity contribution in [2.45, 2.75) is 33.1 Å². The number of nitrogens with zero attached hydrogens (tertiary/aromatic N) is 4. The summed E-state index contributed by atoms with van der Waals surface area (Å²) < 4.78 is 5.72. The molecule has 7 heteroatoms. The average molecular weight is 343 g/mol. The molecule has 0 unspecified atom stereocenters. The number of ether oxygens (including phenoxy) is 1. The lowest BCUT2D eigenvalue weighted by Crippen LogP contribution is -2.28. The Kier molecular flexibility index (Phi) is 7.13. The summed E-state index contributed by atoms with van der Waals surface area (Å²) in [7, 11) is 0. The van der Waals surface area contributed by atoms with E-state index in [0.717, 1.165) is 31.6 Å². The molecular weight excluding hydrogens is 318 g/mol. The van der Waals surface area contributed by atoms with Crippen LogP contribution in [0.4, 0.5) is 5.95 Å². The van der Waals surface area contributed by atoms with Crippen molar-refractivity contribution in [3.8, 4) is 5.88 Å². The number of aromatic nitrogens is 3. The normalized spacial score (nSPS) is 10.5. The molecule has 0 bridgehead atoms. The highest BCUT2D eigenvalue weighted by atomic mass is 16.5. The molecule has 2 aromatic rings. The zero-order chi connectivity index (χ0) is 18.1. The topological polar surface area (TPSA) is 94.2 Å². The van der Waals surface area contributed by atoms with E-state index in [1.165, 1.54) is 6.07 Å². The fourth-order valence-corrected chi connectivity index (χ4v) is 2.41. The van der Waals surface area contributed by atoms with Gasteiger partial charge in [0.1, 0.15) is 5.69 Å². The Morgan fingerprint density at radius 2 is 1.96 bits per heavy atom. The largest absolute Gasteiger partial charge is 0.477 e. The molecule has 1 amide bonds. The molecule has 25 heavy (non-hydrogen) atoms. The molecule has 7 nitrogen and oxygen atoms in total. The average Bonchev–Trinajstić information content (AvgIpc) is 2.62. The number of hydrogen-bond donors (Lipinski definition) is 1. The summed E-state index contributed by atoms with van der Waals surface area (Å²) >= 11 is 0. The quantitative estimate of drug-likeness (QED) is 0.711. The van der Waals surface area contributed by atoms with Crippen LogP contribution in [0, 0.1) is 0 Å². The number of rotatable bonds is 10. The minimum atomic E-state index is -0.592. The maximum absolute atomic E-state index is 11.6. The molecule has 134 valence electrons. The Labute approximate surface area is 148 Å². The van der Waals surface area contributed by atoms with Crippen LogP contribution in [-0.2, 0) is 6.42 Å². The van der Waals surface area contributed by atoms with E-state index in [0.29, 0.717) is 24.9 Å². The fourth-order valence-electron chi connectivity index (χ4n) is 2.41. The van der Waals surface area contributed by atoms with E-state index >= 15 is 0 Å². The first-order chi connectivity index (χ1) is 12.1. The van der Waals surface area contributed by atoms with E-state index in [9.17, 15) is 4.79 Å². The summed E-state index contributed by atoms with van der Waals surface area (Å²) in [4.78, 5) is 26.6. The second-order valence-electron chi connectivity index (χ2n) is 5.66. The zero-order valence-electron chi connectivity index (χ0n) is 14.8. The first-order valence-electron chi connectivity index (χ1n) is 8.60. The number of nitrogens with two attached hydrogens (primary N) is 1. The maximum atomic E-state index is 11.6. The van der Waals surface area contributed by atoms with Crippen molar-refractivity contribution in [2.24, 2.45) is 5.73 Å². The van der Waals surface area contributed by atoms with Gasteiger partial charge in [-0.05, 0) is 25.0 Å². The summed E-state index contributed by atoms with van der Waals surface area (Å²) in [5, 5.41) is 0. The molecule has 2 N–H and O–H groups in total. The molecule has 2 rings (SSSR count). The number of anilines is 1. The van der Waals surface area contributed by atoms with Gasteiger partial charge >= 0.3 is 0 Å². The number of amides is 1. The van der Waals surface area contributed by atoms with E-state index < -0.39 is 5.91 Å².